The number of guanidine groups is 1. The van der Waals surface area contributed by atoms with Crippen molar-refractivity contribution < 1.29 is 4.74 Å². The number of aliphatic imine (C=N–C) groups is 1. The first-order chi connectivity index (χ1) is 13.1. The summed E-state index contributed by atoms with van der Waals surface area (Å²) in [5.74, 6) is 1.87. The fourth-order valence-electron chi connectivity index (χ4n) is 4.41. The summed E-state index contributed by atoms with van der Waals surface area (Å²) < 4.78 is 6.07. The minimum Gasteiger partial charge on any atom is -0.489 e. The zero-order valence-corrected chi connectivity index (χ0v) is 20.1. The molecule has 3 atom stereocenters. The highest BCUT2D eigenvalue weighted by molar-refractivity contribution is 14.0. The minimum absolute atomic E-state index is 0. The molecule has 0 saturated carbocycles. The average molecular weight is 500 g/mol. The first kappa shape index (κ1) is 23.3. The van der Waals surface area contributed by atoms with E-state index in [1.165, 1.54) is 32.1 Å². The summed E-state index contributed by atoms with van der Waals surface area (Å²) in [5.41, 5.74) is 1.16. The number of ether oxygens (including phenoxy) is 1. The number of aryl methyl sites for hydroxylation is 1. The van der Waals surface area contributed by atoms with E-state index in [0.29, 0.717) is 12.6 Å². The fourth-order valence-corrected chi connectivity index (χ4v) is 4.41. The first-order valence-electron chi connectivity index (χ1n) is 10.6. The molecule has 1 aromatic rings. The number of hydrogen-bond acceptors (Lipinski definition) is 3. The SMILES string of the molecule is CCNC(=NCC(C)Oc1ccccc1C)NC1CC2CCCC(C1)N2C.I. The summed E-state index contributed by atoms with van der Waals surface area (Å²) in [6.07, 6.45) is 6.52. The standard InChI is InChI=1S/C22H36N4O.HI/c1-5-23-22(24-15-17(3)27-21-12-7-6-9-16(21)2)25-18-13-19-10-8-11-20(14-18)26(19)4;/h6-7,9,12,17-20H,5,8,10-11,13-15H2,1-4H3,(H2,23,24,25);1H. The van der Waals surface area contributed by atoms with Gasteiger partial charge in [0.05, 0.1) is 6.54 Å². The van der Waals surface area contributed by atoms with Gasteiger partial charge in [0.25, 0.3) is 0 Å². The minimum atomic E-state index is 0. The third-order valence-corrected chi connectivity index (χ3v) is 5.95. The Kier molecular flexibility index (Phi) is 9.34. The molecule has 2 saturated heterocycles. The van der Waals surface area contributed by atoms with Crippen molar-refractivity contribution in [3.05, 3.63) is 29.8 Å². The molecule has 1 aromatic carbocycles. The summed E-state index contributed by atoms with van der Waals surface area (Å²) in [6.45, 7) is 7.79. The molecule has 6 heteroatoms. The summed E-state index contributed by atoms with van der Waals surface area (Å²) in [4.78, 5) is 7.40. The lowest BCUT2D eigenvalue weighted by atomic mass is 9.82. The van der Waals surface area contributed by atoms with E-state index < -0.39 is 0 Å². The third-order valence-electron chi connectivity index (χ3n) is 5.95. The Bertz CT molecular complexity index is 625. The Hall–Kier alpha value is -1.02. The number of rotatable bonds is 6. The van der Waals surface area contributed by atoms with Gasteiger partial charge in [-0.05, 0) is 65.1 Å². The van der Waals surface area contributed by atoms with Crippen LogP contribution in [0.15, 0.2) is 29.3 Å². The van der Waals surface area contributed by atoms with Crippen LogP contribution in [0.3, 0.4) is 0 Å². The molecule has 0 amide bonds. The molecule has 158 valence electrons. The van der Waals surface area contributed by atoms with Crippen LogP contribution in [0.25, 0.3) is 0 Å². The molecule has 0 aromatic heterocycles. The zero-order chi connectivity index (χ0) is 19.2. The van der Waals surface area contributed by atoms with Gasteiger partial charge in [-0.15, -0.1) is 24.0 Å². The van der Waals surface area contributed by atoms with Gasteiger partial charge in [-0.25, -0.2) is 4.99 Å². The van der Waals surface area contributed by atoms with E-state index in [4.69, 9.17) is 9.73 Å². The van der Waals surface area contributed by atoms with Gasteiger partial charge in [0.1, 0.15) is 11.9 Å². The van der Waals surface area contributed by atoms with Crippen molar-refractivity contribution in [2.24, 2.45) is 4.99 Å². The molecular weight excluding hydrogens is 463 g/mol. The number of para-hydroxylation sites is 1. The number of fused-ring (bicyclic) bond motifs is 2. The Morgan fingerprint density at radius 1 is 1.25 bits per heavy atom. The van der Waals surface area contributed by atoms with Gasteiger partial charge < -0.3 is 20.3 Å². The normalized spacial score (nSPS) is 26.1. The van der Waals surface area contributed by atoms with Crippen LogP contribution in [0.5, 0.6) is 5.75 Å². The first-order valence-corrected chi connectivity index (χ1v) is 10.6. The number of benzene rings is 1. The van der Waals surface area contributed by atoms with Gasteiger partial charge in [-0.2, -0.15) is 0 Å². The van der Waals surface area contributed by atoms with E-state index in [0.717, 1.165) is 35.9 Å². The van der Waals surface area contributed by atoms with Crippen LogP contribution in [0.4, 0.5) is 0 Å². The molecule has 0 spiro atoms. The largest absolute Gasteiger partial charge is 0.489 e. The van der Waals surface area contributed by atoms with Crippen molar-refractivity contribution in [1.82, 2.24) is 15.5 Å². The molecule has 2 heterocycles. The van der Waals surface area contributed by atoms with Gasteiger partial charge in [0.2, 0.25) is 0 Å². The lowest BCUT2D eigenvalue weighted by molar-refractivity contribution is 0.0526. The summed E-state index contributed by atoms with van der Waals surface area (Å²) in [6, 6.07) is 10.1. The van der Waals surface area contributed by atoms with Crippen LogP contribution in [0.1, 0.15) is 51.5 Å². The number of nitrogens with zero attached hydrogens (tertiary/aromatic N) is 2. The molecule has 3 rings (SSSR count). The second-order valence-corrected chi connectivity index (χ2v) is 8.13. The predicted molar refractivity (Wildman–Crippen MR) is 128 cm³/mol. The lowest BCUT2D eigenvalue weighted by Crippen LogP contribution is -2.56. The molecular formula is C22H37IN4O. The maximum atomic E-state index is 6.07. The molecule has 2 fully saturated rings. The van der Waals surface area contributed by atoms with E-state index in [1.54, 1.807) is 0 Å². The number of hydrogen-bond donors (Lipinski definition) is 2. The summed E-state index contributed by atoms with van der Waals surface area (Å²) in [7, 11) is 2.30. The summed E-state index contributed by atoms with van der Waals surface area (Å²) >= 11 is 0. The molecule has 2 N–H and O–H groups in total. The summed E-state index contributed by atoms with van der Waals surface area (Å²) in [5, 5.41) is 7.10. The van der Waals surface area contributed by atoms with Crippen LogP contribution >= 0.6 is 24.0 Å². The highest BCUT2D eigenvalue weighted by Crippen LogP contribution is 2.32. The van der Waals surface area contributed by atoms with Crippen molar-refractivity contribution >= 4 is 29.9 Å². The molecule has 2 aliphatic heterocycles. The van der Waals surface area contributed by atoms with Crippen molar-refractivity contribution in [3.63, 3.8) is 0 Å². The smallest absolute Gasteiger partial charge is 0.191 e. The van der Waals surface area contributed by atoms with E-state index >= 15 is 0 Å². The predicted octanol–water partition coefficient (Wildman–Crippen LogP) is 3.95. The lowest BCUT2D eigenvalue weighted by Gasteiger charge is -2.47. The van der Waals surface area contributed by atoms with Gasteiger partial charge >= 0.3 is 0 Å². The van der Waals surface area contributed by atoms with Gasteiger partial charge in [-0.3, -0.25) is 0 Å². The third kappa shape index (κ3) is 6.24. The second-order valence-electron chi connectivity index (χ2n) is 8.13. The van der Waals surface area contributed by atoms with Crippen molar-refractivity contribution in [2.45, 2.75) is 77.1 Å². The molecule has 28 heavy (non-hydrogen) atoms. The Labute approximate surface area is 187 Å². The second kappa shape index (κ2) is 11.2. The quantitative estimate of drug-likeness (QED) is 0.353. The van der Waals surface area contributed by atoms with Gasteiger partial charge in [0.15, 0.2) is 5.96 Å². The topological polar surface area (TPSA) is 48.9 Å². The number of nitrogens with one attached hydrogen (secondary N) is 2. The van der Waals surface area contributed by atoms with Crippen LogP contribution in [0, 0.1) is 6.92 Å². The highest BCUT2D eigenvalue weighted by atomic mass is 127. The van der Waals surface area contributed by atoms with E-state index in [-0.39, 0.29) is 30.1 Å². The fraction of sp³-hybridized carbons (Fsp3) is 0.682. The van der Waals surface area contributed by atoms with Crippen molar-refractivity contribution in [2.75, 3.05) is 20.1 Å². The van der Waals surface area contributed by atoms with Crippen LogP contribution in [-0.4, -0.2) is 55.2 Å². The Morgan fingerprint density at radius 3 is 2.57 bits per heavy atom. The van der Waals surface area contributed by atoms with Crippen LogP contribution in [0.2, 0.25) is 0 Å². The molecule has 5 nitrogen and oxygen atoms in total. The molecule has 3 unspecified atom stereocenters. The van der Waals surface area contributed by atoms with Gasteiger partial charge in [-0.1, -0.05) is 24.6 Å². The van der Waals surface area contributed by atoms with E-state index in [2.05, 4.69) is 49.4 Å². The molecule has 2 aliphatic rings. The maximum Gasteiger partial charge on any atom is 0.191 e. The molecule has 0 radical (unpaired) electrons. The van der Waals surface area contributed by atoms with Crippen LogP contribution in [-0.2, 0) is 0 Å². The molecule has 0 aliphatic carbocycles. The maximum absolute atomic E-state index is 6.07. The van der Waals surface area contributed by atoms with E-state index in [1.807, 2.05) is 18.2 Å². The Balaban J connectivity index is 0.00000280. The van der Waals surface area contributed by atoms with Gasteiger partial charge in [0, 0.05) is 24.7 Å². The number of halogens is 1. The zero-order valence-electron chi connectivity index (χ0n) is 17.8. The van der Waals surface area contributed by atoms with E-state index in [9.17, 15) is 0 Å². The monoisotopic (exact) mass is 500 g/mol. The van der Waals surface area contributed by atoms with Crippen molar-refractivity contribution in [1.29, 1.82) is 0 Å². The highest BCUT2D eigenvalue weighted by Gasteiger charge is 2.36. The van der Waals surface area contributed by atoms with Crippen molar-refractivity contribution in [3.8, 4) is 5.75 Å². The average Bonchev–Trinajstić information content (AvgIpc) is 2.63. The Morgan fingerprint density at radius 2 is 1.93 bits per heavy atom. The molecule has 2 bridgehead atoms. The van der Waals surface area contributed by atoms with Crippen LogP contribution < -0.4 is 15.4 Å². The number of piperidine rings is 2.